The van der Waals surface area contributed by atoms with E-state index in [1.807, 2.05) is 12.1 Å². The fourth-order valence-corrected chi connectivity index (χ4v) is 4.54. The van der Waals surface area contributed by atoms with Gasteiger partial charge in [-0.05, 0) is 31.0 Å². The molecule has 3 saturated heterocycles. The number of carbonyl (C=O) groups is 2. The number of hydrogen-bond donors (Lipinski definition) is 1. The fraction of sp³-hybridized carbons (Fsp3) is 0.471. The van der Waals surface area contributed by atoms with Crippen LogP contribution in [0.25, 0.3) is 11.0 Å². The largest absolute Gasteiger partial charge is 0.373 e. The second-order valence-corrected chi connectivity index (χ2v) is 7.20. The highest BCUT2D eigenvalue weighted by atomic mass is 35.5. The number of imidazole rings is 1. The summed E-state index contributed by atoms with van der Waals surface area (Å²) in [6, 6.07) is 5.46. The minimum Gasteiger partial charge on any atom is -0.373 e. The van der Waals surface area contributed by atoms with Crippen LogP contribution >= 0.6 is 11.6 Å². The number of halogens is 1. The predicted molar refractivity (Wildman–Crippen MR) is 86.4 cm³/mol. The summed E-state index contributed by atoms with van der Waals surface area (Å²) in [6.07, 6.45) is 2.18. The highest BCUT2D eigenvalue weighted by molar-refractivity contribution is 6.31. The van der Waals surface area contributed by atoms with Gasteiger partial charge < -0.3 is 9.72 Å². The highest BCUT2D eigenvalue weighted by Gasteiger charge is 2.62. The molecule has 5 rings (SSSR count). The van der Waals surface area contributed by atoms with E-state index in [1.54, 1.807) is 6.07 Å². The SMILES string of the molecule is O=C1[C@@H]2[C@@H](C(=O)N1CCc1nc3ccc(Cl)cc3[nH]1)[C@H]1CC[C@H]2O1. The van der Waals surface area contributed by atoms with Gasteiger partial charge in [-0.1, -0.05) is 11.6 Å². The molecule has 0 saturated carbocycles. The number of nitrogens with zero attached hydrogens (tertiary/aromatic N) is 2. The van der Waals surface area contributed by atoms with Gasteiger partial charge in [0.25, 0.3) is 0 Å². The molecule has 1 aromatic carbocycles. The molecule has 1 aromatic heterocycles. The van der Waals surface area contributed by atoms with Crippen molar-refractivity contribution in [3.8, 4) is 0 Å². The number of benzene rings is 1. The average Bonchev–Trinajstić information content (AvgIpc) is 3.29. The quantitative estimate of drug-likeness (QED) is 0.862. The molecule has 2 amide bonds. The van der Waals surface area contributed by atoms with Crippen molar-refractivity contribution in [3.63, 3.8) is 0 Å². The van der Waals surface area contributed by atoms with Crippen molar-refractivity contribution in [3.05, 3.63) is 29.0 Å². The number of nitrogens with one attached hydrogen (secondary N) is 1. The summed E-state index contributed by atoms with van der Waals surface area (Å²) in [5, 5.41) is 0.644. The van der Waals surface area contributed by atoms with Crippen molar-refractivity contribution in [1.82, 2.24) is 14.9 Å². The summed E-state index contributed by atoms with van der Waals surface area (Å²) in [6.45, 7) is 0.359. The number of rotatable bonds is 3. The van der Waals surface area contributed by atoms with Gasteiger partial charge in [-0.2, -0.15) is 0 Å². The lowest BCUT2D eigenvalue weighted by molar-refractivity contribution is -0.142. The molecule has 4 atom stereocenters. The molecule has 3 aliphatic rings. The molecule has 124 valence electrons. The molecule has 0 aliphatic carbocycles. The Balaban J connectivity index is 1.34. The number of H-pyrrole nitrogens is 1. The van der Waals surface area contributed by atoms with Gasteiger partial charge in [-0.25, -0.2) is 4.98 Å². The first-order valence-corrected chi connectivity index (χ1v) is 8.64. The van der Waals surface area contributed by atoms with Crippen LogP contribution in [0.4, 0.5) is 0 Å². The van der Waals surface area contributed by atoms with Crippen molar-refractivity contribution >= 4 is 34.4 Å². The van der Waals surface area contributed by atoms with E-state index in [9.17, 15) is 9.59 Å². The second-order valence-electron chi connectivity index (χ2n) is 6.76. The maximum atomic E-state index is 12.6. The van der Waals surface area contributed by atoms with Gasteiger partial charge in [0.05, 0.1) is 35.1 Å². The molecule has 24 heavy (non-hydrogen) atoms. The molecule has 7 heteroatoms. The average molecular weight is 346 g/mol. The third-order valence-corrected chi connectivity index (χ3v) is 5.68. The van der Waals surface area contributed by atoms with Gasteiger partial charge in [0.2, 0.25) is 11.8 Å². The first-order valence-electron chi connectivity index (χ1n) is 8.26. The molecule has 6 nitrogen and oxygen atoms in total. The van der Waals surface area contributed by atoms with Crippen LogP contribution in [0, 0.1) is 11.8 Å². The predicted octanol–water partition coefficient (Wildman–Crippen LogP) is 1.92. The summed E-state index contributed by atoms with van der Waals surface area (Å²) in [5.74, 6) is 0.0910. The number of fused-ring (bicyclic) bond motifs is 6. The highest BCUT2D eigenvalue weighted by Crippen LogP contribution is 2.48. The molecule has 3 aliphatic heterocycles. The van der Waals surface area contributed by atoms with Crippen LogP contribution in [0.2, 0.25) is 5.02 Å². The monoisotopic (exact) mass is 345 g/mol. The Morgan fingerprint density at radius 3 is 2.62 bits per heavy atom. The van der Waals surface area contributed by atoms with E-state index in [2.05, 4.69) is 9.97 Å². The van der Waals surface area contributed by atoms with Gasteiger partial charge in [0, 0.05) is 18.0 Å². The van der Waals surface area contributed by atoms with E-state index in [0.717, 1.165) is 29.7 Å². The summed E-state index contributed by atoms with van der Waals surface area (Å²) in [7, 11) is 0. The minimum absolute atomic E-state index is 0.0604. The standard InChI is InChI=1S/C17H16ClN3O3/c18-8-1-2-9-10(7-8)20-13(19-9)5-6-21-16(22)14-11-3-4-12(24-11)15(14)17(21)23/h1-2,7,11-12,14-15H,3-6H2,(H,19,20)/t11-,12-,14+,15+/m1/s1. The van der Waals surface area contributed by atoms with Crippen LogP contribution in [-0.4, -0.2) is 45.4 Å². The second kappa shape index (κ2) is 5.04. The van der Waals surface area contributed by atoms with Crippen molar-refractivity contribution in [1.29, 1.82) is 0 Å². The smallest absolute Gasteiger partial charge is 0.235 e. The lowest BCUT2D eigenvalue weighted by Crippen LogP contribution is -2.36. The number of likely N-dealkylation sites (tertiary alicyclic amines) is 1. The van der Waals surface area contributed by atoms with Gasteiger partial charge in [-0.15, -0.1) is 0 Å². The molecular weight excluding hydrogens is 330 g/mol. The maximum absolute atomic E-state index is 12.6. The number of aromatic nitrogens is 2. The number of carbonyl (C=O) groups excluding carboxylic acids is 2. The Labute approximate surface area is 143 Å². The van der Waals surface area contributed by atoms with E-state index >= 15 is 0 Å². The van der Waals surface area contributed by atoms with Crippen LogP contribution in [0.5, 0.6) is 0 Å². The fourth-order valence-electron chi connectivity index (χ4n) is 4.36. The maximum Gasteiger partial charge on any atom is 0.235 e. The van der Waals surface area contributed by atoms with E-state index in [1.165, 1.54) is 4.90 Å². The van der Waals surface area contributed by atoms with Crippen LogP contribution < -0.4 is 0 Å². The van der Waals surface area contributed by atoms with E-state index < -0.39 is 0 Å². The number of hydrogen-bond acceptors (Lipinski definition) is 4. The number of ether oxygens (including phenoxy) is 1. The lowest BCUT2D eigenvalue weighted by atomic mass is 9.81. The van der Waals surface area contributed by atoms with Crippen LogP contribution in [-0.2, 0) is 20.7 Å². The molecule has 2 aromatic rings. The van der Waals surface area contributed by atoms with E-state index in [-0.39, 0.29) is 35.9 Å². The Morgan fingerprint density at radius 1 is 1.21 bits per heavy atom. The number of amides is 2. The minimum atomic E-state index is -0.259. The number of imide groups is 1. The van der Waals surface area contributed by atoms with Crippen molar-refractivity contribution in [2.24, 2.45) is 11.8 Å². The zero-order valence-electron chi connectivity index (χ0n) is 12.9. The molecule has 3 fully saturated rings. The first-order chi connectivity index (χ1) is 11.6. The molecule has 0 radical (unpaired) electrons. The molecule has 1 N–H and O–H groups in total. The molecule has 4 heterocycles. The van der Waals surface area contributed by atoms with Crippen molar-refractivity contribution in [2.75, 3.05) is 6.54 Å². The Morgan fingerprint density at radius 2 is 1.92 bits per heavy atom. The van der Waals surface area contributed by atoms with Crippen LogP contribution in [0.15, 0.2) is 18.2 Å². The normalized spacial score (nSPS) is 31.5. The molecule has 0 spiro atoms. The Hall–Kier alpha value is -1.92. The Kier molecular flexibility index (Phi) is 3.03. The summed E-state index contributed by atoms with van der Waals surface area (Å²) in [5.41, 5.74) is 1.69. The molecular formula is C17H16ClN3O3. The topological polar surface area (TPSA) is 75.3 Å². The summed E-state index contributed by atoms with van der Waals surface area (Å²) >= 11 is 5.98. The third kappa shape index (κ3) is 1.96. The Bertz CT molecular complexity index is 836. The third-order valence-electron chi connectivity index (χ3n) is 5.44. The molecule has 0 unspecified atom stereocenters. The van der Waals surface area contributed by atoms with Gasteiger partial charge in [0.1, 0.15) is 5.82 Å². The van der Waals surface area contributed by atoms with Gasteiger partial charge in [-0.3, -0.25) is 14.5 Å². The zero-order valence-corrected chi connectivity index (χ0v) is 13.6. The van der Waals surface area contributed by atoms with Crippen molar-refractivity contribution in [2.45, 2.75) is 31.5 Å². The van der Waals surface area contributed by atoms with Crippen LogP contribution in [0.1, 0.15) is 18.7 Å². The molecule has 2 bridgehead atoms. The van der Waals surface area contributed by atoms with E-state index in [4.69, 9.17) is 16.3 Å². The first kappa shape index (κ1) is 14.4. The van der Waals surface area contributed by atoms with Gasteiger partial charge >= 0.3 is 0 Å². The van der Waals surface area contributed by atoms with Gasteiger partial charge in [0.15, 0.2) is 0 Å². The summed E-state index contributed by atoms with van der Waals surface area (Å²) < 4.78 is 5.74. The van der Waals surface area contributed by atoms with E-state index in [0.29, 0.717) is 18.0 Å². The zero-order chi connectivity index (χ0) is 16.4. The van der Waals surface area contributed by atoms with Crippen LogP contribution in [0.3, 0.4) is 0 Å². The number of aromatic amines is 1. The summed E-state index contributed by atoms with van der Waals surface area (Å²) in [4.78, 5) is 34.3. The van der Waals surface area contributed by atoms with Crippen molar-refractivity contribution < 1.29 is 14.3 Å². The lowest BCUT2D eigenvalue weighted by Gasteiger charge is -2.16.